The minimum Gasteiger partial charge on any atom is -0.378 e. The van der Waals surface area contributed by atoms with Crippen LogP contribution in [-0.4, -0.2) is 43.8 Å². The van der Waals surface area contributed by atoms with E-state index in [2.05, 4.69) is 0 Å². The molecule has 1 aliphatic heterocycles. The predicted octanol–water partition coefficient (Wildman–Crippen LogP) is 2.19. The highest BCUT2D eigenvalue weighted by Crippen LogP contribution is 2.22. The third-order valence-corrected chi connectivity index (χ3v) is 3.91. The SMILES string of the molecule is CC(=O)N1CCCC(C(=O)c2ccc(N(C)C)cc2)C1. The second kappa shape index (κ2) is 6.07. The maximum atomic E-state index is 12.5. The third-order valence-electron chi connectivity index (χ3n) is 3.91. The van der Waals surface area contributed by atoms with Crippen molar-refractivity contribution in [2.45, 2.75) is 19.8 Å². The van der Waals surface area contributed by atoms with Crippen molar-refractivity contribution in [3.05, 3.63) is 29.8 Å². The summed E-state index contributed by atoms with van der Waals surface area (Å²) in [6.45, 7) is 2.90. The van der Waals surface area contributed by atoms with Gasteiger partial charge < -0.3 is 9.80 Å². The summed E-state index contributed by atoms with van der Waals surface area (Å²) in [6.07, 6.45) is 1.78. The minimum atomic E-state index is -0.0575. The fraction of sp³-hybridized carbons (Fsp3) is 0.500. The molecule has 0 bridgehead atoms. The highest BCUT2D eigenvalue weighted by Gasteiger charge is 2.27. The lowest BCUT2D eigenvalue weighted by atomic mass is 9.90. The Morgan fingerprint density at radius 2 is 1.85 bits per heavy atom. The van der Waals surface area contributed by atoms with E-state index >= 15 is 0 Å². The van der Waals surface area contributed by atoms with Crippen molar-refractivity contribution in [2.24, 2.45) is 5.92 Å². The highest BCUT2D eigenvalue weighted by atomic mass is 16.2. The van der Waals surface area contributed by atoms with Crippen LogP contribution in [0.3, 0.4) is 0 Å². The van der Waals surface area contributed by atoms with Crippen LogP contribution in [0.1, 0.15) is 30.1 Å². The lowest BCUT2D eigenvalue weighted by Gasteiger charge is -2.31. The minimum absolute atomic E-state index is 0.0575. The van der Waals surface area contributed by atoms with E-state index in [1.807, 2.05) is 43.3 Å². The largest absolute Gasteiger partial charge is 0.378 e. The number of hydrogen-bond acceptors (Lipinski definition) is 3. The fourth-order valence-electron chi connectivity index (χ4n) is 2.64. The van der Waals surface area contributed by atoms with Crippen LogP contribution in [0, 0.1) is 5.92 Å². The van der Waals surface area contributed by atoms with Gasteiger partial charge in [0.15, 0.2) is 5.78 Å². The molecule has 108 valence electrons. The smallest absolute Gasteiger partial charge is 0.219 e. The Kier molecular flexibility index (Phi) is 4.42. The van der Waals surface area contributed by atoms with Crippen LogP contribution in [-0.2, 0) is 4.79 Å². The lowest BCUT2D eigenvalue weighted by Crippen LogP contribution is -2.41. The first kappa shape index (κ1) is 14.6. The summed E-state index contributed by atoms with van der Waals surface area (Å²) in [5, 5.41) is 0. The lowest BCUT2D eigenvalue weighted by molar-refractivity contribution is -0.130. The second-order valence-electron chi connectivity index (χ2n) is 5.61. The molecule has 0 spiro atoms. The van der Waals surface area contributed by atoms with Crippen LogP contribution in [0.5, 0.6) is 0 Å². The van der Waals surface area contributed by atoms with E-state index in [4.69, 9.17) is 0 Å². The third kappa shape index (κ3) is 3.18. The average Bonchev–Trinajstić information content (AvgIpc) is 2.46. The number of hydrogen-bond donors (Lipinski definition) is 0. The van der Waals surface area contributed by atoms with Crippen molar-refractivity contribution in [3.63, 3.8) is 0 Å². The second-order valence-corrected chi connectivity index (χ2v) is 5.61. The van der Waals surface area contributed by atoms with Gasteiger partial charge in [0.1, 0.15) is 0 Å². The van der Waals surface area contributed by atoms with Crippen molar-refractivity contribution in [1.82, 2.24) is 4.90 Å². The molecule has 20 heavy (non-hydrogen) atoms. The number of anilines is 1. The molecule has 0 N–H and O–H groups in total. The topological polar surface area (TPSA) is 40.6 Å². The molecule has 4 nitrogen and oxygen atoms in total. The van der Waals surface area contributed by atoms with E-state index in [-0.39, 0.29) is 17.6 Å². The summed E-state index contributed by atoms with van der Waals surface area (Å²) in [6, 6.07) is 7.67. The quantitative estimate of drug-likeness (QED) is 0.793. The molecule has 0 saturated carbocycles. The number of carbonyl (C=O) groups excluding carboxylic acids is 2. The van der Waals surface area contributed by atoms with E-state index < -0.39 is 0 Å². The first-order valence-corrected chi connectivity index (χ1v) is 7.06. The Morgan fingerprint density at radius 3 is 2.40 bits per heavy atom. The Hall–Kier alpha value is -1.84. The van der Waals surface area contributed by atoms with Gasteiger partial charge >= 0.3 is 0 Å². The summed E-state index contributed by atoms with van der Waals surface area (Å²) in [7, 11) is 3.95. The molecule has 1 amide bonds. The Labute approximate surface area is 120 Å². The predicted molar refractivity (Wildman–Crippen MR) is 80.1 cm³/mol. The van der Waals surface area contributed by atoms with Crippen LogP contribution >= 0.6 is 0 Å². The molecule has 0 aromatic heterocycles. The molecule has 1 aromatic rings. The molecule has 1 heterocycles. The van der Waals surface area contributed by atoms with Crippen molar-refractivity contribution in [2.75, 3.05) is 32.1 Å². The number of ketones is 1. The molecule has 1 atom stereocenters. The molecular weight excluding hydrogens is 252 g/mol. The van der Waals surface area contributed by atoms with E-state index in [1.165, 1.54) is 0 Å². The fourth-order valence-corrected chi connectivity index (χ4v) is 2.64. The molecule has 1 unspecified atom stereocenters. The molecule has 0 radical (unpaired) electrons. The molecular formula is C16H22N2O2. The number of likely N-dealkylation sites (tertiary alicyclic amines) is 1. The van der Waals surface area contributed by atoms with Crippen molar-refractivity contribution in [3.8, 4) is 0 Å². The molecule has 4 heteroatoms. The van der Waals surface area contributed by atoms with Crippen LogP contribution in [0.2, 0.25) is 0 Å². The van der Waals surface area contributed by atoms with E-state index in [0.717, 1.165) is 30.6 Å². The Bertz CT molecular complexity index is 494. The zero-order chi connectivity index (χ0) is 14.7. The van der Waals surface area contributed by atoms with Gasteiger partial charge in [0.05, 0.1) is 0 Å². The van der Waals surface area contributed by atoms with Crippen LogP contribution in [0.25, 0.3) is 0 Å². The molecule has 1 fully saturated rings. The van der Waals surface area contributed by atoms with Gasteiger partial charge in [0, 0.05) is 51.3 Å². The van der Waals surface area contributed by atoms with Crippen molar-refractivity contribution >= 4 is 17.4 Å². The van der Waals surface area contributed by atoms with E-state index in [0.29, 0.717) is 6.54 Å². The number of nitrogens with zero attached hydrogens (tertiary/aromatic N) is 2. The van der Waals surface area contributed by atoms with Gasteiger partial charge in [-0.15, -0.1) is 0 Å². The van der Waals surface area contributed by atoms with E-state index in [1.54, 1.807) is 11.8 Å². The maximum absolute atomic E-state index is 12.5. The van der Waals surface area contributed by atoms with Gasteiger partial charge in [-0.05, 0) is 37.1 Å². The Morgan fingerprint density at radius 1 is 1.20 bits per heavy atom. The number of piperidine rings is 1. The molecule has 1 aliphatic rings. The van der Waals surface area contributed by atoms with Crippen molar-refractivity contribution < 1.29 is 9.59 Å². The standard InChI is InChI=1S/C16H22N2O2/c1-12(19)18-10-4-5-14(11-18)16(20)13-6-8-15(9-7-13)17(2)3/h6-9,14H,4-5,10-11H2,1-3H3. The summed E-state index contributed by atoms with van der Waals surface area (Å²) in [5.41, 5.74) is 1.82. The number of amides is 1. The van der Waals surface area contributed by atoms with Crippen LogP contribution in [0.15, 0.2) is 24.3 Å². The van der Waals surface area contributed by atoms with Crippen molar-refractivity contribution in [1.29, 1.82) is 0 Å². The van der Waals surface area contributed by atoms with Gasteiger partial charge in [-0.1, -0.05) is 0 Å². The van der Waals surface area contributed by atoms with Gasteiger partial charge in [-0.25, -0.2) is 0 Å². The molecule has 2 rings (SSSR count). The van der Waals surface area contributed by atoms with Gasteiger partial charge in [-0.3, -0.25) is 9.59 Å². The first-order valence-electron chi connectivity index (χ1n) is 7.06. The number of rotatable bonds is 3. The zero-order valence-electron chi connectivity index (χ0n) is 12.4. The summed E-state index contributed by atoms with van der Waals surface area (Å²) in [4.78, 5) is 27.7. The van der Waals surface area contributed by atoms with Gasteiger partial charge in [0.2, 0.25) is 5.91 Å². The highest BCUT2D eigenvalue weighted by molar-refractivity contribution is 5.98. The first-order chi connectivity index (χ1) is 9.49. The number of benzene rings is 1. The van der Waals surface area contributed by atoms with Gasteiger partial charge in [-0.2, -0.15) is 0 Å². The van der Waals surface area contributed by atoms with E-state index in [9.17, 15) is 9.59 Å². The monoisotopic (exact) mass is 274 g/mol. The molecule has 1 saturated heterocycles. The average molecular weight is 274 g/mol. The van der Waals surface area contributed by atoms with Crippen LogP contribution < -0.4 is 4.90 Å². The molecule has 1 aromatic carbocycles. The number of Topliss-reactive ketones (excluding diaryl/α,β-unsaturated/α-hetero) is 1. The van der Waals surface area contributed by atoms with Gasteiger partial charge in [0.25, 0.3) is 0 Å². The maximum Gasteiger partial charge on any atom is 0.219 e. The normalized spacial score (nSPS) is 18.8. The Balaban J connectivity index is 2.08. The summed E-state index contributed by atoms with van der Waals surface area (Å²) >= 11 is 0. The molecule has 0 aliphatic carbocycles. The number of carbonyl (C=O) groups is 2. The van der Waals surface area contributed by atoms with Crippen LogP contribution in [0.4, 0.5) is 5.69 Å². The zero-order valence-corrected chi connectivity index (χ0v) is 12.4. The summed E-state index contributed by atoms with van der Waals surface area (Å²) in [5.74, 6) is 0.157. The summed E-state index contributed by atoms with van der Waals surface area (Å²) < 4.78 is 0.